The molecule has 1 amide bonds. The molecule has 0 bridgehead atoms. The number of rotatable bonds is 3. The van der Waals surface area contributed by atoms with E-state index in [1.54, 1.807) is 33.8 Å². The lowest BCUT2D eigenvalue weighted by Gasteiger charge is -2.34. The van der Waals surface area contributed by atoms with E-state index < -0.39 is 29.8 Å². The molecule has 1 aliphatic rings. The smallest absolute Gasteiger partial charge is 0.467 e. The SMILES string of the molecule is COC(=O)C(OC(C)(C)C)c1c(C)cc2c(c1Cl)N(C(=O)C(F)(F)F)CCC2. The first kappa shape index (κ1) is 22.5. The molecule has 1 aliphatic heterocycles. The van der Waals surface area contributed by atoms with E-state index in [-0.39, 0.29) is 22.8 Å². The third kappa shape index (κ3) is 4.60. The van der Waals surface area contributed by atoms with Gasteiger partial charge in [-0.05, 0) is 51.7 Å². The first-order valence-electron chi connectivity index (χ1n) is 8.74. The quantitative estimate of drug-likeness (QED) is 0.673. The second-order valence-electron chi connectivity index (χ2n) is 7.62. The second-order valence-corrected chi connectivity index (χ2v) is 8.00. The Bertz CT molecular complexity index is 787. The van der Waals surface area contributed by atoms with Crippen molar-refractivity contribution in [3.05, 3.63) is 27.8 Å². The summed E-state index contributed by atoms with van der Waals surface area (Å²) < 4.78 is 49.8. The molecule has 0 radical (unpaired) electrons. The molecule has 28 heavy (non-hydrogen) atoms. The zero-order valence-corrected chi connectivity index (χ0v) is 17.1. The average Bonchev–Trinajstić information content (AvgIpc) is 2.56. The zero-order chi connectivity index (χ0) is 21.4. The highest BCUT2D eigenvalue weighted by atomic mass is 35.5. The largest absolute Gasteiger partial charge is 0.471 e. The number of aryl methyl sites for hydroxylation is 2. The van der Waals surface area contributed by atoms with E-state index in [1.807, 2.05) is 0 Å². The van der Waals surface area contributed by atoms with Crippen LogP contribution in [0.3, 0.4) is 0 Å². The van der Waals surface area contributed by atoms with Crippen LogP contribution in [0.4, 0.5) is 18.9 Å². The number of amides is 1. The van der Waals surface area contributed by atoms with Crippen LogP contribution >= 0.6 is 11.6 Å². The Balaban J connectivity index is 2.68. The van der Waals surface area contributed by atoms with Gasteiger partial charge in [-0.15, -0.1) is 0 Å². The summed E-state index contributed by atoms with van der Waals surface area (Å²) >= 11 is 6.50. The number of esters is 1. The lowest BCUT2D eigenvalue weighted by Crippen LogP contribution is -2.44. The Morgan fingerprint density at radius 2 is 1.86 bits per heavy atom. The van der Waals surface area contributed by atoms with Crippen LogP contribution in [0.1, 0.15) is 50.0 Å². The number of alkyl halides is 3. The van der Waals surface area contributed by atoms with Gasteiger partial charge >= 0.3 is 18.1 Å². The van der Waals surface area contributed by atoms with Crippen LogP contribution in [-0.2, 0) is 25.5 Å². The molecule has 0 spiro atoms. The molecule has 0 aliphatic carbocycles. The van der Waals surface area contributed by atoms with Gasteiger partial charge in [0.1, 0.15) is 0 Å². The van der Waals surface area contributed by atoms with Crippen molar-refractivity contribution in [2.24, 2.45) is 0 Å². The maximum absolute atomic E-state index is 13.1. The van der Waals surface area contributed by atoms with E-state index in [1.165, 1.54) is 7.11 Å². The Labute approximate surface area is 166 Å². The number of carbonyl (C=O) groups is 2. The predicted molar refractivity (Wildman–Crippen MR) is 98.5 cm³/mol. The minimum Gasteiger partial charge on any atom is -0.467 e. The van der Waals surface area contributed by atoms with Crippen LogP contribution in [0.5, 0.6) is 0 Å². The summed E-state index contributed by atoms with van der Waals surface area (Å²) in [5, 5.41) is -0.105. The van der Waals surface area contributed by atoms with E-state index in [0.717, 1.165) is 0 Å². The summed E-state index contributed by atoms with van der Waals surface area (Å²) in [6.45, 7) is 6.75. The molecule has 1 atom stereocenters. The van der Waals surface area contributed by atoms with Gasteiger partial charge < -0.3 is 14.4 Å². The highest BCUT2D eigenvalue weighted by molar-refractivity contribution is 6.35. The number of hydrogen-bond donors (Lipinski definition) is 0. The van der Waals surface area contributed by atoms with Gasteiger partial charge in [0.2, 0.25) is 0 Å². The number of methoxy groups -OCH3 is 1. The molecule has 5 nitrogen and oxygen atoms in total. The van der Waals surface area contributed by atoms with Crippen molar-refractivity contribution in [2.75, 3.05) is 18.6 Å². The molecular weight excluding hydrogens is 399 g/mol. The van der Waals surface area contributed by atoms with Crippen molar-refractivity contribution in [1.82, 2.24) is 0 Å². The summed E-state index contributed by atoms with van der Waals surface area (Å²) in [6.07, 6.45) is -5.43. The van der Waals surface area contributed by atoms with Crippen LogP contribution in [0.2, 0.25) is 5.02 Å². The van der Waals surface area contributed by atoms with Gasteiger partial charge in [-0.1, -0.05) is 17.7 Å². The molecule has 0 aromatic heterocycles. The van der Waals surface area contributed by atoms with E-state index in [9.17, 15) is 22.8 Å². The minimum atomic E-state index is -5.04. The molecule has 0 saturated carbocycles. The maximum Gasteiger partial charge on any atom is 0.471 e. The van der Waals surface area contributed by atoms with Crippen molar-refractivity contribution in [3.63, 3.8) is 0 Å². The van der Waals surface area contributed by atoms with Gasteiger partial charge in [0.25, 0.3) is 0 Å². The van der Waals surface area contributed by atoms with Gasteiger partial charge in [-0.3, -0.25) is 4.79 Å². The number of hydrogen-bond acceptors (Lipinski definition) is 4. The molecular formula is C19H23ClF3NO4. The summed E-state index contributed by atoms with van der Waals surface area (Å²) in [7, 11) is 1.18. The maximum atomic E-state index is 13.1. The van der Waals surface area contributed by atoms with E-state index >= 15 is 0 Å². The fraction of sp³-hybridized carbons (Fsp3) is 0.579. The third-order valence-corrected chi connectivity index (χ3v) is 4.68. The highest BCUT2D eigenvalue weighted by Gasteiger charge is 2.45. The monoisotopic (exact) mass is 421 g/mol. The molecule has 0 saturated heterocycles. The van der Waals surface area contributed by atoms with Crippen molar-refractivity contribution in [1.29, 1.82) is 0 Å². The minimum absolute atomic E-state index is 0.0257. The molecule has 1 aromatic rings. The van der Waals surface area contributed by atoms with Crippen molar-refractivity contribution in [3.8, 4) is 0 Å². The zero-order valence-electron chi connectivity index (χ0n) is 16.4. The number of halogens is 4. The van der Waals surface area contributed by atoms with E-state index in [2.05, 4.69) is 0 Å². The van der Waals surface area contributed by atoms with Gasteiger partial charge in [0, 0.05) is 12.1 Å². The summed E-state index contributed by atoms with van der Waals surface area (Å²) in [6, 6.07) is 1.65. The highest BCUT2D eigenvalue weighted by Crippen LogP contribution is 2.44. The number of carbonyl (C=O) groups excluding carboxylic acids is 2. The number of fused-ring (bicyclic) bond motifs is 1. The number of benzene rings is 1. The van der Waals surface area contributed by atoms with Gasteiger partial charge in [-0.2, -0.15) is 13.2 Å². The molecule has 1 heterocycles. The number of anilines is 1. The predicted octanol–water partition coefficient (Wildman–Crippen LogP) is 4.52. The van der Waals surface area contributed by atoms with Crippen molar-refractivity contribution < 1.29 is 32.2 Å². The number of nitrogens with zero attached hydrogens (tertiary/aromatic N) is 1. The Hall–Kier alpha value is -1.80. The standard InChI is InChI=1S/C19H23ClF3NO4/c1-10-9-11-7-6-8-24(17(26)19(21,22)23)14(11)13(20)12(10)15(16(25)27-5)28-18(2,3)4/h9,15H,6-8H2,1-5H3. The molecule has 9 heteroatoms. The van der Waals surface area contributed by atoms with Crippen LogP contribution in [-0.4, -0.2) is 37.3 Å². The van der Waals surface area contributed by atoms with Crippen molar-refractivity contribution in [2.45, 2.75) is 58.4 Å². The first-order chi connectivity index (χ1) is 12.8. The van der Waals surface area contributed by atoms with E-state index in [4.69, 9.17) is 21.1 Å². The first-order valence-corrected chi connectivity index (χ1v) is 9.12. The Morgan fingerprint density at radius 1 is 1.25 bits per heavy atom. The van der Waals surface area contributed by atoms with Crippen LogP contribution in [0, 0.1) is 6.92 Å². The van der Waals surface area contributed by atoms with Crippen molar-refractivity contribution >= 4 is 29.2 Å². The van der Waals surface area contributed by atoms with E-state index in [0.29, 0.717) is 28.9 Å². The summed E-state index contributed by atoms with van der Waals surface area (Å²) in [5.41, 5.74) is 0.511. The Kier molecular flexibility index (Phi) is 6.35. The second kappa shape index (κ2) is 7.91. The van der Waals surface area contributed by atoms with Gasteiger partial charge in [0.05, 0.1) is 23.4 Å². The normalized spacial score (nSPS) is 15.8. The van der Waals surface area contributed by atoms with Crippen LogP contribution in [0.15, 0.2) is 6.07 Å². The summed E-state index contributed by atoms with van der Waals surface area (Å²) in [4.78, 5) is 24.9. The lowest BCUT2D eigenvalue weighted by molar-refractivity contribution is -0.170. The van der Waals surface area contributed by atoms with Gasteiger partial charge in [0.15, 0.2) is 6.10 Å². The molecule has 156 valence electrons. The fourth-order valence-electron chi connectivity index (χ4n) is 3.23. The topological polar surface area (TPSA) is 55.8 Å². The third-order valence-electron chi connectivity index (χ3n) is 4.30. The summed E-state index contributed by atoms with van der Waals surface area (Å²) in [5.74, 6) is -2.72. The van der Waals surface area contributed by atoms with Gasteiger partial charge in [-0.25, -0.2) is 4.79 Å². The Morgan fingerprint density at radius 3 is 2.36 bits per heavy atom. The lowest BCUT2D eigenvalue weighted by atomic mass is 9.93. The molecule has 1 unspecified atom stereocenters. The molecule has 0 fully saturated rings. The average molecular weight is 422 g/mol. The molecule has 1 aromatic carbocycles. The molecule has 0 N–H and O–H groups in total. The molecule has 2 rings (SSSR count). The fourth-order valence-corrected chi connectivity index (χ4v) is 3.71. The number of ether oxygens (including phenoxy) is 2. The van der Waals surface area contributed by atoms with Crippen LogP contribution in [0.25, 0.3) is 0 Å². The van der Waals surface area contributed by atoms with Crippen LogP contribution < -0.4 is 4.90 Å².